The number of aromatic nitrogens is 1. The Kier molecular flexibility index (Phi) is 4.26. The van der Waals surface area contributed by atoms with Crippen LogP contribution in [-0.2, 0) is 0 Å². The number of para-hydroxylation sites is 2. The van der Waals surface area contributed by atoms with Gasteiger partial charge in [0.2, 0.25) is 0 Å². The minimum atomic E-state index is 0.692. The lowest BCUT2D eigenvalue weighted by atomic mass is 10.2. The van der Waals surface area contributed by atoms with Crippen LogP contribution in [0.15, 0.2) is 28.7 Å². The van der Waals surface area contributed by atoms with Crippen molar-refractivity contribution in [1.82, 2.24) is 4.98 Å². The van der Waals surface area contributed by atoms with Crippen molar-refractivity contribution >= 4 is 28.7 Å². The van der Waals surface area contributed by atoms with Crippen molar-refractivity contribution in [2.75, 3.05) is 24.4 Å². The molecule has 3 nitrogen and oxygen atoms in total. The molecule has 0 atom stereocenters. The van der Waals surface area contributed by atoms with Gasteiger partial charge < -0.3 is 9.32 Å². The quantitative estimate of drug-likeness (QED) is 0.580. The molecular formula is C13H17ClN2O. The van der Waals surface area contributed by atoms with Crippen LogP contribution in [0.4, 0.5) is 6.01 Å². The molecule has 1 heterocycles. The summed E-state index contributed by atoms with van der Waals surface area (Å²) in [6.07, 6.45) is 3.33. The Hall–Kier alpha value is -1.22. The first-order valence-corrected chi connectivity index (χ1v) is 6.47. The number of hydrogen-bond donors (Lipinski definition) is 0. The second kappa shape index (κ2) is 5.92. The lowest BCUT2D eigenvalue weighted by Crippen LogP contribution is -2.18. The molecule has 2 rings (SSSR count). The third kappa shape index (κ3) is 3.13. The molecule has 17 heavy (non-hydrogen) atoms. The average molecular weight is 253 g/mol. The first-order valence-electron chi connectivity index (χ1n) is 5.94. The van der Waals surface area contributed by atoms with Crippen LogP contribution in [0.1, 0.15) is 19.3 Å². The normalized spacial score (nSPS) is 10.9. The standard InChI is InChI=1S/C13H17ClN2O/c1-16(10-6-2-5-9-14)13-15-11-7-3-4-8-12(11)17-13/h3-4,7-8H,2,5-6,9-10H2,1H3. The van der Waals surface area contributed by atoms with Crippen molar-refractivity contribution in [3.05, 3.63) is 24.3 Å². The largest absolute Gasteiger partial charge is 0.423 e. The van der Waals surface area contributed by atoms with E-state index in [2.05, 4.69) is 4.98 Å². The molecule has 0 aliphatic heterocycles. The van der Waals surface area contributed by atoms with E-state index in [0.29, 0.717) is 6.01 Å². The molecule has 0 saturated heterocycles. The first-order chi connectivity index (χ1) is 8.31. The lowest BCUT2D eigenvalue weighted by Gasteiger charge is -2.13. The topological polar surface area (TPSA) is 29.3 Å². The van der Waals surface area contributed by atoms with Gasteiger partial charge in [-0.05, 0) is 25.0 Å². The van der Waals surface area contributed by atoms with Crippen LogP contribution >= 0.6 is 11.6 Å². The number of hydrogen-bond acceptors (Lipinski definition) is 3. The van der Waals surface area contributed by atoms with Crippen LogP contribution in [0.2, 0.25) is 0 Å². The minimum absolute atomic E-state index is 0.692. The molecule has 0 radical (unpaired) electrons. The summed E-state index contributed by atoms with van der Waals surface area (Å²) < 4.78 is 5.68. The number of benzene rings is 1. The summed E-state index contributed by atoms with van der Waals surface area (Å²) in [5.41, 5.74) is 1.75. The van der Waals surface area contributed by atoms with E-state index in [1.54, 1.807) is 0 Å². The van der Waals surface area contributed by atoms with Crippen LogP contribution < -0.4 is 4.90 Å². The Labute approximate surface area is 106 Å². The van der Waals surface area contributed by atoms with E-state index in [0.717, 1.165) is 42.8 Å². The number of unbranched alkanes of at least 4 members (excludes halogenated alkanes) is 2. The number of oxazole rings is 1. The monoisotopic (exact) mass is 252 g/mol. The van der Waals surface area contributed by atoms with Gasteiger partial charge in [0.25, 0.3) is 6.01 Å². The highest BCUT2D eigenvalue weighted by atomic mass is 35.5. The van der Waals surface area contributed by atoms with Gasteiger partial charge in [-0.3, -0.25) is 0 Å². The number of rotatable bonds is 6. The summed E-state index contributed by atoms with van der Waals surface area (Å²) in [5.74, 6) is 0.743. The molecule has 1 aromatic carbocycles. The second-order valence-corrected chi connectivity index (χ2v) is 4.51. The van der Waals surface area contributed by atoms with Gasteiger partial charge in [-0.25, -0.2) is 0 Å². The fourth-order valence-corrected chi connectivity index (χ4v) is 1.93. The van der Waals surface area contributed by atoms with Crippen LogP contribution in [0.5, 0.6) is 0 Å². The SMILES string of the molecule is CN(CCCCCCl)c1nc2ccccc2o1. The number of nitrogens with zero attached hydrogens (tertiary/aromatic N) is 2. The summed E-state index contributed by atoms with van der Waals surface area (Å²) in [6, 6.07) is 8.51. The van der Waals surface area contributed by atoms with E-state index in [4.69, 9.17) is 16.0 Å². The molecule has 4 heteroatoms. The Morgan fingerprint density at radius 2 is 2.06 bits per heavy atom. The summed E-state index contributed by atoms with van der Waals surface area (Å²) >= 11 is 5.64. The Bertz CT molecular complexity index is 436. The molecule has 0 bridgehead atoms. The van der Waals surface area contributed by atoms with Crippen molar-refractivity contribution in [2.45, 2.75) is 19.3 Å². The molecule has 0 fully saturated rings. The van der Waals surface area contributed by atoms with Crippen LogP contribution in [0, 0.1) is 0 Å². The van der Waals surface area contributed by atoms with Gasteiger partial charge in [0.05, 0.1) is 0 Å². The zero-order valence-corrected chi connectivity index (χ0v) is 10.8. The number of anilines is 1. The Morgan fingerprint density at radius 3 is 2.82 bits per heavy atom. The van der Waals surface area contributed by atoms with Crippen molar-refractivity contribution in [3.8, 4) is 0 Å². The van der Waals surface area contributed by atoms with Crippen molar-refractivity contribution in [2.24, 2.45) is 0 Å². The summed E-state index contributed by atoms with van der Waals surface area (Å²) in [4.78, 5) is 6.49. The predicted molar refractivity (Wildman–Crippen MR) is 71.9 cm³/mol. The zero-order valence-electron chi connectivity index (χ0n) is 10.0. The molecule has 1 aromatic heterocycles. The maximum atomic E-state index is 5.68. The highest BCUT2D eigenvalue weighted by molar-refractivity contribution is 6.17. The molecule has 92 valence electrons. The molecule has 0 unspecified atom stereocenters. The van der Waals surface area contributed by atoms with Crippen LogP contribution in [-0.4, -0.2) is 24.5 Å². The van der Waals surface area contributed by atoms with Gasteiger partial charge in [0, 0.05) is 19.5 Å². The van der Waals surface area contributed by atoms with E-state index in [9.17, 15) is 0 Å². The Balaban J connectivity index is 1.96. The van der Waals surface area contributed by atoms with Gasteiger partial charge in [0.1, 0.15) is 5.52 Å². The number of halogens is 1. The molecule has 0 aliphatic rings. The van der Waals surface area contributed by atoms with E-state index in [1.807, 2.05) is 36.2 Å². The summed E-state index contributed by atoms with van der Waals surface area (Å²) in [7, 11) is 2.01. The fraction of sp³-hybridized carbons (Fsp3) is 0.462. The fourth-order valence-electron chi connectivity index (χ4n) is 1.74. The van der Waals surface area contributed by atoms with Gasteiger partial charge in [-0.2, -0.15) is 4.98 Å². The summed E-state index contributed by atoms with van der Waals surface area (Å²) in [6.45, 7) is 0.948. The molecule has 0 N–H and O–H groups in total. The van der Waals surface area contributed by atoms with Gasteiger partial charge >= 0.3 is 0 Å². The smallest absolute Gasteiger partial charge is 0.298 e. The third-order valence-electron chi connectivity index (χ3n) is 2.74. The van der Waals surface area contributed by atoms with Gasteiger partial charge in [-0.1, -0.05) is 18.6 Å². The molecule has 0 aliphatic carbocycles. The predicted octanol–water partition coefficient (Wildman–Crippen LogP) is 3.67. The average Bonchev–Trinajstić information content (AvgIpc) is 2.78. The van der Waals surface area contributed by atoms with E-state index in [-0.39, 0.29) is 0 Å². The van der Waals surface area contributed by atoms with Crippen LogP contribution in [0.3, 0.4) is 0 Å². The molecule has 0 amide bonds. The van der Waals surface area contributed by atoms with Gasteiger partial charge in [0.15, 0.2) is 5.58 Å². The van der Waals surface area contributed by atoms with Crippen molar-refractivity contribution < 1.29 is 4.42 Å². The van der Waals surface area contributed by atoms with Crippen LogP contribution in [0.25, 0.3) is 11.1 Å². The highest BCUT2D eigenvalue weighted by Gasteiger charge is 2.08. The molecule has 2 aromatic rings. The zero-order chi connectivity index (χ0) is 12.1. The number of fused-ring (bicyclic) bond motifs is 1. The van der Waals surface area contributed by atoms with E-state index >= 15 is 0 Å². The first kappa shape index (κ1) is 12.2. The highest BCUT2D eigenvalue weighted by Crippen LogP contribution is 2.20. The Morgan fingerprint density at radius 1 is 1.24 bits per heavy atom. The lowest BCUT2D eigenvalue weighted by molar-refractivity contribution is 0.573. The van der Waals surface area contributed by atoms with Crippen molar-refractivity contribution in [1.29, 1.82) is 0 Å². The number of alkyl halides is 1. The maximum absolute atomic E-state index is 5.68. The van der Waals surface area contributed by atoms with Gasteiger partial charge in [-0.15, -0.1) is 11.6 Å². The van der Waals surface area contributed by atoms with E-state index < -0.39 is 0 Å². The summed E-state index contributed by atoms with van der Waals surface area (Å²) in [5, 5.41) is 0. The molecule has 0 spiro atoms. The molecule has 0 saturated carbocycles. The molecular weight excluding hydrogens is 236 g/mol. The maximum Gasteiger partial charge on any atom is 0.298 e. The third-order valence-corrected chi connectivity index (χ3v) is 3.00. The minimum Gasteiger partial charge on any atom is -0.423 e. The second-order valence-electron chi connectivity index (χ2n) is 4.14. The van der Waals surface area contributed by atoms with Crippen molar-refractivity contribution in [3.63, 3.8) is 0 Å². The van der Waals surface area contributed by atoms with E-state index in [1.165, 1.54) is 0 Å².